The van der Waals surface area contributed by atoms with Crippen LogP contribution in [0.25, 0.3) is 11.0 Å². The molecule has 4 N–H and O–H groups in total. The summed E-state index contributed by atoms with van der Waals surface area (Å²) in [5.74, 6) is -1.47. The van der Waals surface area contributed by atoms with Crippen LogP contribution in [0.1, 0.15) is 22.9 Å². The van der Waals surface area contributed by atoms with Crippen LogP contribution in [0.15, 0.2) is 36.4 Å². The second-order valence-corrected chi connectivity index (χ2v) is 5.97. The van der Waals surface area contributed by atoms with Gasteiger partial charge in [0.25, 0.3) is 0 Å². The highest BCUT2D eigenvalue weighted by atomic mass is 16.3. The number of hydrogen-bond donors (Lipinski definition) is 4. The third-order valence-electron chi connectivity index (χ3n) is 3.93. The summed E-state index contributed by atoms with van der Waals surface area (Å²) in [4.78, 5) is 28.4. The molecule has 0 aliphatic heterocycles. The summed E-state index contributed by atoms with van der Waals surface area (Å²) < 4.78 is 0. The van der Waals surface area contributed by atoms with Crippen molar-refractivity contribution in [3.05, 3.63) is 53.2 Å². The number of amides is 2. The van der Waals surface area contributed by atoms with Gasteiger partial charge in [0, 0.05) is 12.2 Å². The average molecular weight is 353 g/mol. The lowest BCUT2D eigenvalue weighted by molar-refractivity contribution is -0.136. The predicted octanol–water partition coefficient (Wildman–Crippen LogP) is 1.36. The van der Waals surface area contributed by atoms with Gasteiger partial charge in [0.2, 0.25) is 0 Å². The van der Waals surface area contributed by atoms with E-state index in [0.717, 1.165) is 11.3 Å². The number of benzene rings is 1. The van der Waals surface area contributed by atoms with E-state index >= 15 is 0 Å². The van der Waals surface area contributed by atoms with E-state index in [2.05, 4.69) is 25.8 Å². The number of pyridine rings is 1. The first-order valence-corrected chi connectivity index (χ1v) is 8.10. The number of aliphatic hydroxyl groups is 1. The molecular weight excluding hydrogens is 334 g/mol. The molecule has 2 heterocycles. The fourth-order valence-corrected chi connectivity index (χ4v) is 2.70. The minimum atomic E-state index is -0.895. The summed E-state index contributed by atoms with van der Waals surface area (Å²) >= 11 is 0. The van der Waals surface area contributed by atoms with Crippen LogP contribution in [0.5, 0.6) is 0 Å². The highest BCUT2D eigenvalue weighted by Gasteiger charge is 2.19. The molecule has 0 radical (unpaired) electrons. The summed E-state index contributed by atoms with van der Waals surface area (Å²) in [5, 5.41) is 22.3. The van der Waals surface area contributed by atoms with Crippen molar-refractivity contribution < 1.29 is 14.7 Å². The molecule has 0 bridgehead atoms. The average Bonchev–Trinajstić information content (AvgIpc) is 3.02. The van der Waals surface area contributed by atoms with E-state index in [-0.39, 0.29) is 12.4 Å². The number of carbonyl (C=O) groups excluding carboxylic acids is 2. The fraction of sp³-hybridized carbons (Fsp3) is 0.222. The minimum Gasteiger partial charge on any atom is -0.387 e. The third kappa shape index (κ3) is 3.70. The van der Waals surface area contributed by atoms with Crippen molar-refractivity contribution >= 4 is 28.7 Å². The summed E-state index contributed by atoms with van der Waals surface area (Å²) in [5.41, 5.74) is 2.90. The number of H-pyrrole nitrogens is 1. The number of aryl methyl sites for hydroxylation is 2. The SMILES string of the molecule is Cc1cc(C)c2c(NC(=O)C(=O)NC[C@H](O)c3ccccc3)n[nH]c2n1. The molecule has 2 amide bonds. The zero-order chi connectivity index (χ0) is 18.7. The molecule has 0 unspecified atom stereocenters. The van der Waals surface area contributed by atoms with Crippen molar-refractivity contribution in [3.63, 3.8) is 0 Å². The van der Waals surface area contributed by atoms with Crippen molar-refractivity contribution in [3.8, 4) is 0 Å². The molecule has 1 atom stereocenters. The van der Waals surface area contributed by atoms with Crippen molar-refractivity contribution in [2.24, 2.45) is 0 Å². The second kappa shape index (κ2) is 7.32. The maximum Gasteiger partial charge on any atom is 0.314 e. The molecule has 0 aliphatic rings. The van der Waals surface area contributed by atoms with E-state index in [1.807, 2.05) is 26.0 Å². The van der Waals surface area contributed by atoms with E-state index in [9.17, 15) is 14.7 Å². The topological polar surface area (TPSA) is 120 Å². The van der Waals surface area contributed by atoms with Crippen LogP contribution in [-0.2, 0) is 9.59 Å². The van der Waals surface area contributed by atoms with Crippen LogP contribution in [-0.4, -0.2) is 38.6 Å². The smallest absolute Gasteiger partial charge is 0.314 e. The van der Waals surface area contributed by atoms with Gasteiger partial charge in [0.1, 0.15) is 0 Å². The van der Waals surface area contributed by atoms with E-state index in [4.69, 9.17) is 0 Å². The number of aliphatic hydroxyl groups excluding tert-OH is 1. The van der Waals surface area contributed by atoms with Gasteiger partial charge in [-0.3, -0.25) is 14.7 Å². The summed E-state index contributed by atoms with van der Waals surface area (Å²) in [6.07, 6.45) is -0.895. The molecule has 1 aromatic carbocycles. The first-order valence-electron chi connectivity index (χ1n) is 8.10. The number of hydrogen-bond acceptors (Lipinski definition) is 5. The number of carbonyl (C=O) groups is 2. The molecule has 8 heteroatoms. The van der Waals surface area contributed by atoms with Crippen molar-refractivity contribution in [2.45, 2.75) is 20.0 Å². The number of nitrogens with one attached hydrogen (secondary N) is 3. The van der Waals surface area contributed by atoms with Crippen LogP contribution in [0.4, 0.5) is 5.82 Å². The molecule has 3 rings (SSSR count). The highest BCUT2D eigenvalue weighted by Crippen LogP contribution is 2.23. The molecular formula is C18H19N5O3. The number of aromatic nitrogens is 3. The Balaban J connectivity index is 1.64. The largest absolute Gasteiger partial charge is 0.387 e. The Morgan fingerprint density at radius 3 is 2.65 bits per heavy atom. The van der Waals surface area contributed by atoms with Gasteiger partial charge in [-0.25, -0.2) is 4.98 Å². The molecule has 0 saturated heterocycles. The Bertz CT molecular complexity index is 952. The number of aromatic amines is 1. The fourth-order valence-electron chi connectivity index (χ4n) is 2.70. The number of rotatable bonds is 4. The molecule has 0 aliphatic carbocycles. The van der Waals surface area contributed by atoms with Gasteiger partial charge in [-0.15, -0.1) is 0 Å². The monoisotopic (exact) mass is 353 g/mol. The molecule has 0 spiro atoms. The van der Waals surface area contributed by atoms with Crippen LogP contribution >= 0.6 is 0 Å². The molecule has 0 saturated carbocycles. The standard InChI is InChI=1S/C18H19N5O3/c1-10-8-11(2)20-15-14(10)16(23-22-15)21-18(26)17(25)19-9-13(24)12-6-4-3-5-7-12/h3-8,13,24H,9H2,1-2H3,(H,19,25)(H2,20,21,22,23,26)/t13-/m0/s1. The van der Waals surface area contributed by atoms with Crippen LogP contribution in [0.2, 0.25) is 0 Å². The Morgan fingerprint density at radius 1 is 1.19 bits per heavy atom. The lowest BCUT2D eigenvalue weighted by Gasteiger charge is -2.11. The van der Waals surface area contributed by atoms with Gasteiger partial charge in [-0.2, -0.15) is 5.10 Å². The molecule has 0 fully saturated rings. The van der Waals surface area contributed by atoms with Gasteiger partial charge < -0.3 is 15.7 Å². The lowest BCUT2D eigenvalue weighted by atomic mass is 10.1. The van der Waals surface area contributed by atoms with Crippen molar-refractivity contribution in [2.75, 3.05) is 11.9 Å². The quantitative estimate of drug-likeness (QED) is 0.528. The normalized spacial score (nSPS) is 12.0. The predicted molar refractivity (Wildman–Crippen MR) is 96.4 cm³/mol. The molecule has 3 aromatic rings. The van der Waals surface area contributed by atoms with Gasteiger partial charge in [0.15, 0.2) is 11.5 Å². The third-order valence-corrected chi connectivity index (χ3v) is 3.93. The van der Waals surface area contributed by atoms with E-state index in [1.165, 1.54) is 0 Å². The Morgan fingerprint density at radius 2 is 1.92 bits per heavy atom. The second-order valence-electron chi connectivity index (χ2n) is 5.97. The minimum absolute atomic E-state index is 0.0721. The molecule has 8 nitrogen and oxygen atoms in total. The Labute approximate surface area is 149 Å². The van der Waals surface area contributed by atoms with Gasteiger partial charge in [0.05, 0.1) is 11.5 Å². The van der Waals surface area contributed by atoms with Crippen LogP contribution < -0.4 is 10.6 Å². The summed E-state index contributed by atoms with van der Waals surface area (Å²) in [6, 6.07) is 10.7. The Hall–Kier alpha value is -3.26. The van der Waals surface area contributed by atoms with Crippen molar-refractivity contribution in [1.29, 1.82) is 0 Å². The van der Waals surface area contributed by atoms with Gasteiger partial charge in [-0.1, -0.05) is 30.3 Å². The molecule has 2 aromatic heterocycles. The van der Waals surface area contributed by atoms with Gasteiger partial charge in [-0.05, 0) is 31.0 Å². The number of anilines is 1. The zero-order valence-electron chi connectivity index (χ0n) is 14.4. The summed E-state index contributed by atoms with van der Waals surface area (Å²) in [7, 11) is 0. The maximum absolute atomic E-state index is 12.1. The number of nitrogens with zero attached hydrogens (tertiary/aromatic N) is 2. The van der Waals surface area contributed by atoms with Crippen LogP contribution in [0.3, 0.4) is 0 Å². The Kier molecular flexibility index (Phi) is 4.94. The van der Waals surface area contributed by atoms with E-state index in [1.54, 1.807) is 24.3 Å². The van der Waals surface area contributed by atoms with Gasteiger partial charge >= 0.3 is 11.8 Å². The van der Waals surface area contributed by atoms with E-state index in [0.29, 0.717) is 16.6 Å². The maximum atomic E-state index is 12.1. The van der Waals surface area contributed by atoms with E-state index < -0.39 is 17.9 Å². The number of fused-ring (bicyclic) bond motifs is 1. The van der Waals surface area contributed by atoms with Crippen molar-refractivity contribution in [1.82, 2.24) is 20.5 Å². The molecule has 26 heavy (non-hydrogen) atoms. The van der Waals surface area contributed by atoms with Crippen LogP contribution in [0, 0.1) is 13.8 Å². The first kappa shape index (κ1) is 17.6. The zero-order valence-corrected chi connectivity index (χ0v) is 14.4. The lowest BCUT2D eigenvalue weighted by Crippen LogP contribution is -2.37. The highest BCUT2D eigenvalue weighted by molar-refractivity contribution is 6.40. The summed E-state index contributed by atoms with van der Waals surface area (Å²) in [6.45, 7) is 3.66. The first-order chi connectivity index (χ1) is 12.5. The molecule has 134 valence electrons.